The molecular weight excluding hydrogens is 238 g/mol. The summed E-state index contributed by atoms with van der Waals surface area (Å²) in [5.74, 6) is 0.797. The van der Waals surface area contributed by atoms with E-state index in [1.165, 1.54) is 4.88 Å². The molecule has 92 valence electrons. The van der Waals surface area contributed by atoms with E-state index in [9.17, 15) is 0 Å². The van der Waals surface area contributed by atoms with Crippen molar-refractivity contribution < 1.29 is 4.74 Å². The second-order valence-electron chi connectivity index (χ2n) is 3.50. The molecule has 0 saturated carbocycles. The first-order valence-corrected chi connectivity index (χ1v) is 6.22. The van der Waals surface area contributed by atoms with Crippen LogP contribution in [-0.4, -0.2) is 40.0 Å². The highest BCUT2D eigenvalue weighted by Gasteiger charge is 2.02. The van der Waals surface area contributed by atoms with Gasteiger partial charge in [-0.3, -0.25) is 4.98 Å². The lowest BCUT2D eigenvalue weighted by Gasteiger charge is -2.00. The average molecular weight is 253 g/mol. The van der Waals surface area contributed by atoms with Gasteiger partial charge in [0.15, 0.2) is 5.82 Å². The van der Waals surface area contributed by atoms with E-state index in [1.54, 1.807) is 24.8 Å². The number of aromatic nitrogens is 4. The summed E-state index contributed by atoms with van der Waals surface area (Å²) in [6, 6.07) is 0. The van der Waals surface area contributed by atoms with Crippen molar-refractivity contribution >= 4 is 11.3 Å². The summed E-state index contributed by atoms with van der Waals surface area (Å²) >= 11 is 1.62. The van der Waals surface area contributed by atoms with Crippen molar-refractivity contribution in [1.29, 1.82) is 0 Å². The molecule has 0 atom stereocenters. The van der Waals surface area contributed by atoms with Gasteiger partial charge in [-0.15, -0.1) is 11.3 Å². The maximum absolute atomic E-state index is 4.94. The minimum absolute atomic E-state index is 0.666. The zero-order valence-electron chi connectivity index (χ0n) is 9.67. The Bertz CT molecular complexity index is 428. The van der Waals surface area contributed by atoms with Crippen LogP contribution in [0.5, 0.6) is 0 Å². The van der Waals surface area contributed by atoms with Crippen LogP contribution in [0.15, 0.2) is 18.0 Å². The van der Waals surface area contributed by atoms with E-state index >= 15 is 0 Å². The molecule has 7 heteroatoms. The smallest absolute Gasteiger partial charge is 0.164 e. The molecule has 1 N–H and O–H groups in total. The molecule has 2 heterocycles. The lowest BCUT2D eigenvalue weighted by atomic mass is 10.5. The fourth-order valence-electron chi connectivity index (χ4n) is 1.34. The minimum Gasteiger partial charge on any atom is -0.383 e. The lowest BCUT2D eigenvalue weighted by Crippen LogP contribution is -2.19. The molecule has 0 fully saturated rings. The Hall–Kier alpha value is -1.31. The third-order valence-electron chi connectivity index (χ3n) is 2.15. The molecule has 0 aliphatic rings. The van der Waals surface area contributed by atoms with Gasteiger partial charge in [0, 0.05) is 24.7 Å². The predicted molar refractivity (Wildman–Crippen MR) is 64.8 cm³/mol. The zero-order chi connectivity index (χ0) is 11.9. The highest BCUT2D eigenvalue weighted by atomic mass is 32.1. The Morgan fingerprint density at radius 2 is 2.47 bits per heavy atom. The standard InChI is InChI=1S/C10H15N5OS/c1-16-3-2-11-5-10-13-7-15(14-10)6-9-4-12-8-17-9/h4,7-8,11H,2-3,5-6H2,1H3. The van der Waals surface area contributed by atoms with E-state index in [4.69, 9.17) is 4.74 Å². The molecule has 0 saturated heterocycles. The summed E-state index contributed by atoms with van der Waals surface area (Å²) in [6.07, 6.45) is 3.59. The van der Waals surface area contributed by atoms with Crippen molar-refractivity contribution in [3.8, 4) is 0 Å². The van der Waals surface area contributed by atoms with E-state index in [2.05, 4.69) is 20.4 Å². The molecule has 0 radical (unpaired) electrons. The second kappa shape index (κ2) is 6.43. The monoisotopic (exact) mass is 253 g/mol. The van der Waals surface area contributed by atoms with Crippen molar-refractivity contribution in [3.05, 3.63) is 28.7 Å². The average Bonchev–Trinajstić information content (AvgIpc) is 2.97. The number of methoxy groups -OCH3 is 1. The van der Waals surface area contributed by atoms with Crippen molar-refractivity contribution in [2.24, 2.45) is 0 Å². The van der Waals surface area contributed by atoms with E-state index < -0.39 is 0 Å². The topological polar surface area (TPSA) is 64.9 Å². The van der Waals surface area contributed by atoms with E-state index in [0.29, 0.717) is 13.2 Å². The van der Waals surface area contributed by atoms with Crippen molar-refractivity contribution in [3.63, 3.8) is 0 Å². The van der Waals surface area contributed by atoms with Crippen LogP contribution in [0.4, 0.5) is 0 Å². The largest absolute Gasteiger partial charge is 0.383 e. The van der Waals surface area contributed by atoms with Crippen molar-refractivity contribution in [2.45, 2.75) is 13.1 Å². The molecule has 0 aliphatic carbocycles. The van der Waals surface area contributed by atoms with Crippen LogP contribution in [0.3, 0.4) is 0 Å². The van der Waals surface area contributed by atoms with E-state index in [-0.39, 0.29) is 0 Å². The number of hydrogen-bond donors (Lipinski definition) is 1. The summed E-state index contributed by atoms with van der Waals surface area (Å²) in [4.78, 5) is 9.43. The molecule has 17 heavy (non-hydrogen) atoms. The molecule has 0 aliphatic heterocycles. The van der Waals surface area contributed by atoms with Crippen LogP contribution < -0.4 is 5.32 Å². The molecule has 0 bridgehead atoms. The maximum Gasteiger partial charge on any atom is 0.164 e. The van der Waals surface area contributed by atoms with Crippen molar-refractivity contribution in [1.82, 2.24) is 25.1 Å². The Kier molecular flexibility index (Phi) is 4.60. The number of ether oxygens (including phenoxy) is 1. The van der Waals surface area contributed by atoms with Gasteiger partial charge in [-0.25, -0.2) is 9.67 Å². The van der Waals surface area contributed by atoms with Crippen LogP contribution in [0, 0.1) is 0 Å². The second-order valence-corrected chi connectivity index (χ2v) is 4.47. The first-order valence-electron chi connectivity index (χ1n) is 5.34. The number of nitrogens with zero attached hydrogens (tertiary/aromatic N) is 4. The van der Waals surface area contributed by atoms with Crippen LogP contribution in [0.1, 0.15) is 10.7 Å². The van der Waals surface area contributed by atoms with Gasteiger partial charge in [-0.1, -0.05) is 0 Å². The van der Waals surface area contributed by atoms with Crippen LogP contribution in [-0.2, 0) is 17.8 Å². The minimum atomic E-state index is 0.666. The fraction of sp³-hybridized carbons (Fsp3) is 0.500. The van der Waals surface area contributed by atoms with Gasteiger partial charge in [0.25, 0.3) is 0 Å². The molecule has 0 aromatic carbocycles. The third kappa shape index (κ3) is 3.88. The SMILES string of the molecule is COCCNCc1ncn(Cc2cncs2)n1. The van der Waals surface area contributed by atoms with Crippen LogP contribution >= 0.6 is 11.3 Å². The molecule has 0 spiro atoms. The van der Waals surface area contributed by atoms with E-state index in [0.717, 1.165) is 18.9 Å². The Balaban J connectivity index is 1.79. The van der Waals surface area contributed by atoms with Gasteiger partial charge in [0.05, 0.1) is 25.2 Å². The van der Waals surface area contributed by atoms with Gasteiger partial charge in [0.2, 0.25) is 0 Å². The Labute approximate surface area is 104 Å². The molecule has 0 unspecified atom stereocenters. The zero-order valence-corrected chi connectivity index (χ0v) is 10.5. The maximum atomic E-state index is 4.94. The quantitative estimate of drug-likeness (QED) is 0.729. The molecular formula is C10H15N5OS. The van der Waals surface area contributed by atoms with Crippen LogP contribution in [0.25, 0.3) is 0 Å². The van der Waals surface area contributed by atoms with E-state index in [1.807, 2.05) is 16.4 Å². The van der Waals surface area contributed by atoms with Gasteiger partial charge in [-0.2, -0.15) is 5.10 Å². The molecule has 2 aromatic rings. The van der Waals surface area contributed by atoms with Crippen molar-refractivity contribution in [2.75, 3.05) is 20.3 Å². The number of thiazole rings is 1. The van der Waals surface area contributed by atoms with Gasteiger partial charge in [-0.05, 0) is 0 Å². The Morgan fingerprint density at radius 3 is 3.24 bits per heavy atom. The summed E-state index contributed by atoms with van der Waals surface area (Å²) in [5, 5.41) is 7.57. The Morgan fingerprint density at radius 1 is 1.53 bits per heavy atom. The first-order chi connectivity index (χ1) is 8.38. The van der Waals surface area contributed by atoms with Gasteiger partial charge in [0.1, 0.15) is 6.33 Å². The van der Waals surface area contributed by atoms with Crippen LogP contribution in [0.2, 0.25) is 0 Å². The molecule has 6 nitrogen and oxygen atoms in total. The number of nitrogens with one attached hydrogen (secondary N) is 1. The highest BCUT2D eigenvalue weighted by molar-refractivity contribution is 7.09. The molecule has 2 rings (SSSR count). The third-order valence-corrected chi connectivity index (χ3v) is 2.92. The summed E-state index contributed by atoms with van der Waals surface area (Å²) in [5.41, 5.74) is 1.82. The summed E-state index contributed by atoms with van der Waals surface area (Å²) in [7, 11) is 1.68. The fourth-order valence-corrected chi connectivity index (χ4v) is 1.93. The molecule has 0 amide bonds. The van der Waals surface area contributed by atoms with Gasteiger partial charge >= 0.3 is 0 Å². The lowest BCUT2D eigenvalue weighted by molar-refractivity contribution is 0.199. The first kappa shape index (κ1) is 12.2. The number of hydrogen-bond acceptors (Lipinski definition) is 6. The normalized spacial score (nSPS) is 10.9. The van der Waals surface area contributed by atoms with Gasteiger partial charge < -0.3 is 10.1 Å². The summed E-state index contributed by atoms with van der Waals surface area (Å²) < 4.78 is 6.76. The number of rotatable bonds is 7. The summed E-state index contributed by atoms with van der Waals surface area (Å²) in [6.45, 7) is 2.90. The predicted octanol–water partition coefficient (Wildman–Crippen LogP) is 0.519. The highest BCUT2D eigenvalue weighted by Crippen LogP contribution is 2.06. The molecule has 2 aromatic heterocycles.